The highest BCUT2D eigenvalue weighted by atomic mass is 16.3. The van der Waals surface area contributed by atoms with E-state index in [0.29, 0.717) is 5.75 Å². The first-order valence-corrected chi connectivity index (χ1v) is 7.70. The average Bonchev–Trinajstić information content (AvgIpc) is 2.43. The lowest BCUT2D eigenvalue weighted by Gasteiger charge is -2.25. The summed E-state index contributed by atoms with van der Waals surface area (Å²) in [6.45, 7) is 0. The standard InChI is InChI=1S/C17H26O2/c18-16-10-6-14(7-11-16)4-2-1-3-5-15-8-12-17(19)13-9-15/h6-7,10-11,15,17-19H,1-5,8-9,12-13H2. The predicted molar refractivity (Wildman–Crippen MR) is 78.2 cm³/mol. The molecule has 1 aromatic carbocycles. The second-order valence-electron chi connectivity index (χ2n) is 5.94. The quantitative estimate of drug-likeness (QED) is 0.759. The van der Waals surface area contributed by atoms with Crippen molar-refractivity contribution in [2.45, 2.75) is 63.9 Å². The van der Waals surface area contributed by atoms with Crippen molar-refractivity contribution in [2.24, 2.45) is 5.92 Å². The highest BCUT2D eigenvalue weighted by Gasteiger charge is 2.18. The molecular weight excluding hydrogens is 236 g/mol. The van der Waals surface area contributed by atoms with Gasteiger partial charge in [-0.1, -0.05) is 31.4 Å². The molecule has 0 heterocycles. The largest absolute Gasteiger partial charge is 0.508 e. The van der Waals surface area contributed by atoms with Crippen LogP contribution < -0.4 is 0 Å². The van der Waals surface area contributed by atoms with Crippen LogP contribution in [0.2, 0.25) is 0 Å². The molecule has 1 aromatic rings. The van der Waals surface area contributed by atoms with Gasteiger partial charge in [0, 0.05) is 0 Å². The maximum Gasteiger partial charge on any atom is 0.115 e. The number of hydrogen-bond acceptors (Lipinski definition) is 2. The number of aryl methyl sites for hydroxylation is 1. The van der Waals surface area contributed by atoms with E-state index >= 15 is 0 Å². The molecule has 0 radical (unpaired) electrons. The third-order valence-corrected chi connectivity index (χ3v) is 4.33. The molecule has 0 aliphatic heterocycles. The first-order valence-electron chi connectivity index (χ1n) is 7.70. The third-order valence-electron chi connectivity index (χ3n) is 4.33. The number of rotatable bonds is 6. The van der Waals surface area contributed by atoms with Crippen LogP contribution in [0.5, 0.6) is 5.75 Å². The molecule has 106 valence electrons. The Balaban J connectivity index is 1.53. The molecule has 0 bridgehead atoms. The van der Waals surface area contributed by atoms with E-state index in [0.717, 1.165) is 25.2 Å². The van der Waals surface area contributed by atoms with E-state index in [2.05, 4.69) is 0 Å². The minimum Gasteiger partial charge on any atom is -0.508 e. The molecule has 0 saturated heterocycles. The lowest BCUT2D eigenvalue weighted by atomic mass is 9.84. The van der Waals surface area contributed by atoms with Crippen molar-refractivity contribution in [1.29, 1.82) is 0 Å². The van der Waals surface area contributed by atoms with Crippen LogP contribution in [0.25, 0.3) is 0 Å². The molecule has 0 atom stereocenters. The van der Waals surface area contributed by atoms with Crippen LogP contribution >= 0.6 is 0 Å². The summed E-state index contributed by atoms with van der Waals surface area (Å²) in [5.74, 6) is 1.21. The monoisotopic (exact) mass is 262 g/mol. The molecule has 1 aliphatic carbocycles. The van der Waals surface area contributed by atoms with Gasteiger partial charge in [-0.15, -0.1) is 0 Å². The molecule has 1 fully saturated rings. The van der Waals surface area contributed by atoms with E-state index in [1.54, 1.807) is 12.1 Å². The number of aromatic hydroxyl groups is 1. The van der Waals surface area contributed by atoms with Crippen molar-refractivity contribution in [3.63, 3.8) is 0 Å². The van der Waals surface area contributed by atoms with Crippen LogP contribution in [0.15, 0.2) is 24.3 Å². The summed E-state index contributed by atoms with van der Waals surface area (Å²) in [5, 5.41) is 18.7. The number of aliphatic hydroxyl groups is 1. The Labute approximate surface area is 116 Å². The minimum absolute atomic E-state index is 0.0225. The van der Waals surface area contributed by atoms with E-state index in [1.807, 2.05) is 12.1 Å². The topological polar surface area (TPSA) is 40.5 Å². The molecule has 2 rings (SSSR count). The van der Waals surface area contributed by atoms with Gasteiger partial charge in [0.2, 0.25) is 0 Å². The SMILES string of the molecule is Oc1ccc(CCCCCC2CCC(O)CC2)cc1. The smallest absolute Gasteiger partial charge is 0.115 e. The van der Waals surface area contributed by atoms with Crippen molar-refractivity contribution in [2.75, 3.05) is 0 Å². The summed E-state index contributed by atoms with van der Waals surface area (Å²) in [6, 6.07) is 7.56. The minimum atomic E-state index is -0.0225. The highest BCUT2D eigenvalue weighted by Crippen LogP contribution is 2.28. The second kappa shape index (κ2) is 7.54. The Hall–Kier alpha value is -1.02. The van der Waals surface area contributed by atoms with E-state index in [9.17, 15) is 10.2 Å². The van der Waals surface area contributed by atoms with Crippen LogP contribution in [-0.2, 0) is 6.42 Å². The molecule has 0 aromatic heterocycles. The summed E-state index contributed by atoms with van der Waals surface area (Å²) >= 11 is 0. The molecule has 2 N–H and O–H groups in total. The fraction of sp³-hybridized carbons (Fsp3) is 0.647. The van der Waals surface area contributed by atoms with Gasteiger partial charge in [0.05, 0.1) is 6.10 Å². The number of hydrogen-bond donors (Lipinski definition) is 2. The van der Waals surface area contributed by atoms with Crippen LogP contribution in [-0.4, -0.2) is 16.3 Å². The van der Waals surface area contributed by atoms with Crippen molar-refractivity contribution < 1.29 is 10.2 Å². The van der Waals surface area contributed by atoms with E-state index in [4.69, 9.17) is 0 Å². The summed E-state index contributed by atoms with van der Waals surface area (Å²) in [6.07, 6.45) is 10.7. The Morgan fingerprint density at radius 3 is 2.26 bits per heavy atom. The number of phenolic OH excluding ortho intramolecular Hbond substituents is 1. The molecule has 2 nitrogen and oxygen atoms in total. The molecule has 1 aliphatic rings. The van der Waals surface area contributed by atoms with Crippen LogP contribution in [0.4, 0.5) is 0 Å². The first kappa shape index (κ1) is 14.4. The molecule has 0 unspecified atom stereocenters. The average molecular weight is 262 g/mol. The third kappa shape index (κ3) is 5.23. The zero-order chi connectivity index (χ0) is 13.5. The van der Waals surface area contributed by atoms with E-state index < -0.39 is 0 Å². The molecule has 0 amide bonds. The highest BCUT2D eigenvalue weighted by molar-refractivity contribution is 5.25. The Morgan fingerprint density at radius 2 is 1.58 bits per heavy atom. The van der Waals surface area contributed by atoms with Crippen molar-refractivity contribution >= 4 is 0 Å². The number of unbranched alkanes of at least 4 members (excludes halogenated alkanes) is 2. The van der Waals surface area contributed by atoms with Crippen LogP contribution in [0.3, 0.4) is 0 Å². The van der Waals surface area contributed by atoms with Gasteiger partial charge in [0.15, 0.2) is 0 Å². The van der Waals surface area contributed by atoms with Gasteiger partial charge in [-0.25, -0.2) is 0 Å². The Bertz CT molecular complexity index is 350. The van der Waals surface area contributed by atoms with Gasteiger partial charge in [-0.3, -0.25) is 0 Å². The zero-order valence-electron chi connectivity index (χ0n) is 11.7. The lowest BCUT2D eigenvalue weighted by Crippen LogP contribution is -2.17. The van der Waals surface area contributed by atoms with Gasteiger partial charge >= 0.3 is 0 Å². The molecule has 1 saturated carbocycles. The number of benzene rings is 1. The summed E-state index contributed by atoms with van der Waals surface area (Å²) in [7, 11) is 0. The van der Waals surface area contributed by atoms with E-state index in [1.165, 1.54) is 44.1 Å². The van der Waals surface area contributed by atoms with Gasteiger partial charge in [-0.05, 0) is 62.1 Å². The van der Waals surface area contributed by atoms with Crippen molar-refractivity contribution in [3.05, 3.63) is 29.8 Å². The number of phenols is 1. The summed E-state index contributed by atoms with van der Waals surface area (Å²) in [5.41, 5.74) is 1.32. The van der Waals surface area contributed by atoms with Gasteiger partial charge in [0.1, 0.15) is 5.75 Å². The van der Waals surface area contributed by atoms with Crippen LogP contribution in [0, 0.1) is 5.92 Å². The molecular formula is C17H26O2. The maximum atomic E-state index is 9.46. The molecule has 0 spiro atoms. The lowest BCUT2D eigenvalue weighted by molar-refractivity contribution is 0.106. The van der Waals surface area contributed by atoms with Crippen molar-refractivity contribution in [1.82, 2.24) is 0 Å². The Kier molecular flexibility index (Phi) is 5.71. The first-order chi connectivity index (χ1) is 9.24. The zero-order valence-corrected chi connectivity index (χ0v) is 11.7. The summed E-state index contributed by atoms with van der Waals surface area (Å²) < 4.78 is 0. The predicted octanol–water partition coefficient (Wildman–Crippen LogP) is 4.05. The van der Waals surface area contributed by atoms with Gasteiger partial charge in [-0.2, -0.15) is 0 Å². The Morgan fingerprint density at radius 1 is 0.895 bits per heavy atom. The summed E-state index contributed by atoms with van der Waals surface area (Å²) in [4.78, 5) is 0. The van der Waals surface area contributed by atoms with Crippen molar-refractivity contribution in [3.8, 4) is 5.75 Å². The maximum absolute atomic E-state index is 9.46. The van der Waals surface area contributed by atoms with Gasteiger partial charge in [0.25, 0.3) is 0 Å². The second-order valence-corrected chi connectivity index (χ2v) is 5.94. The normalized spacial score (nSPS) is 23.4. The fourth-order valence-electron chi connectivity index (χ4n) is 3.04. The van der Waals surface area contributed by atoms with Gasteiger partial charge < -0.3 is 10.2 Å². The van der Waals surface area contributed by atoms with Crippen LogP contribution in [0.1, 0.15) is 56.9 Å². The number of aliphatic hydroxyl groups excluding tert-OH is 1. The molecule has 2 heteroatoms. The van der Waals surface area contributed by atoms with E-state index in [-0.39, 0.29) is 6.10 Å². The fourth-order valence-corrected chi connectivity index (χ4v) is 3.04. The molecule has 19 heavy (non-hydrogen) atoms.